The van der Waals surface area contributed by atoms with Gasteiger partial charge in [-0.15, -0.1) is 11.3 Å². The number of para-hydroxylation sites is 1. The Labute approximate surface area is 131 Å². The van der Waals surface area contributed by atoms with Crippen LogP contribution in [0.4, 0.5) is 4.39 Å². The molecule has 2 aromatic carbocycles. The molecular formula is C17H15FN2OS. The summed E-state index contributed by atoms with van der Waals surface area (Å²) in [5.74, 6) is -0.323. The molecule has 0 radical (unpaired) electrons. The van der Waals surface area contributed by atoms with Crippen molar-refractivity contribution in [1.29, 1.82) is 0 Å². The third-order valence-corrected chi connectivity index (χ3v) is 4.34. The molecule has 0 aliphatic rings. The summed E-state index contributed by atoms with van der Waals surface area (Å²) in [4.78, 5) is 16.3. The Hall–Kier alpha value is -2.27. The number of rotatable bonds is 5. The average Bonchev–Trinajstić information content (AvgIpc) is 2.94. The summed E-state index contributed by atoms with van der Waals surface area (Å²) in [5.41, 5.74) is 1.78. The van der Waals surface area contributed by atoms with Crippen molar-refractivity contribution in [2.45, 2.75) is 19.4 Å². The molecule has 1 aromatic heterocycles. The SMILES string of the molecule is O=C(CCc1cccc(F)c1)NCc1nc2ccccc2s1. The van der Waals surface area contributed by atoms with Crippen LogP contribution in [0.25, 0.3) is 10.2 Å². The minimum absolute atomic E-state index is 0.0523. The molecule has 0 bridgehead atoms. The molecule has 3 nitrogen and oxygen atoms in total. The first-order valence-corrected chi connectivity index (χ1v) is 7.88. The molecule has 0 saturated heterocycles. The van der Waals surface area contributed by atoms with E-state index in [4.69, 9.17) is 0 Å². The number of benzene rings is 2. The molecule has 0 unspecified atom stereocenters. The second-order valence-electron chi connectivity index (χ2n) is 4.98. The van der Waals surface area contributed by atoms with Crippen LogP contribution in [-0.4, -0.2) is 10.9 Å². The maximum absolute atomic E-state index is 13.1. The predicted octanol–water partition coefficient (Wildman–Crippen LogP) is 3.68. The highest BCUT2D eigenvalue weighted by Crippen LogP contribution is 2.21. The maximum atomic E-state index is 13.1. The number of aryl methyl sites for hydroxylation is 1. The fourth-order valence-electron chi connectivity index (χ4n) is 2.21. The Bertz CT molecular complexity index is 767. The molecule has 22 heavy (non-hydrogen) atoms. The zero-order valence-electron chi connectivity index (χ0n) is 11.9. The Kier molecular flexibility index (Phi) is 4.44. The van der Waals surface area contributed by atoms with Crippen LogP contribution in [0, 0.1) is 5.82 Å². The van der Waals surface area contributed by atoms with E-state index in [-0.39, 0.29) is 11.7 Å². The Morgan fingerprint density at radius 2 is 2.05 bits per heavy atom. The van der Waals surface area contributed by atoms with Crippen molar-refractivity contribution in [2.24, 2.45) is 0 Å². The van der Waals surface area contributed by atoms with Crippen molar-refractivity contribution < 1.29 is 9.18 Å². The molecule has 0 spiro atoms. The first-order chi connectivity index (χ1) is 10.7. The van der Waals surface area contributed by atoms with E-state index in [2.05, 4.69) is 10.3 Å². The van der Waals surface area contributed by atoms with Crippen LogP contribution in [0.15, 0.2) is 48.5 Å². The van der Waals surface area contributed by atoms with Gasteiger partial charge in [0.15, 0.2) is 0 Å². The van der Waals surface area contributed by atoms with Crippen molar-refractivity contribution in [2.75, 3.05) is 0 Å². The number of nitrogens with zero attached hydrogens (tertiary/aromatic N) is 1. The molecule has 1 heterocycles. The highest BCUT2D eigenvalue weighted by Gasteiger charge is 2.06. The lowest BCUT2D eigenvalue weighted by molar-refractivity contribution is -0.121. The predicted molar refractivity (Wildman–Crippen MR) is 86.2 cm³/mol. The number of carbonyl (C=O) groups is 1. The molecule has 0 atom stereocenters. The van der Waals surface area contributed by atoms with Crippen LogP contribution < -0.4 is 5.32 Å². The van der Waals surface area contributed by atoms with Crippen LogP contribution >= 0.6 is 11.3 Å². The van der Waals surface area contributed by atoms with Gasteiger partial charge in [-0.1, -0.05) is 24.3 Å². The summed E-state index contributed by atoms with van der Waals surface area (Å²) in [6, 6.07) is 14.2. The standard InChI is InChI=1S/C17H15FN2OS/c18-13-5-3-4-12(10-13)8-9-16(21)19-11-17-20-14-6-1-2-7-15(14)22-17/h1-7,10H,8-9,11H2,(H,19,21). The van der Waals surface area contributed by atoms with E-state index in [1.165, 1.54) is 12.1 Å². The number of aromatic nitrogens is 1. The van der Waals surface area contributed by atoms with Crippen LogP contribution in [0.5, 0.6) is 0 Å². The van der Waals surface area contributed by atoms with Gasteiger partial charge in [-0.05, 0) is 36.2 Å². The largest absolute Gasteiger partial charge is 0.350 e. The third-order valence-electron chi connectivity index (χ3n) is 3.30. The zero-order chi connectivity index (χ0) is 15.4. The van der Waals surface area contributed by atoms with Crippen molar-refractivity contribution in [3.8, 4) is 0 Å². The molecule has 3 rings (SSSR count). The molecule has 1 amide bonds. The van der Waals surface area contributed by atoms with Gasteiger partial charge in [0.25, 0.3) is 0 Å². The van der Waals surface area contributed by atoms with Crippen LogP contribution in [-0.2, 0) is 17.8 Å². The zero-order valence-corrected chi connectivity index (χ0v) is 12.7. The maximum Gasteiger partial charge on any atom is 0.220 e. The average molecular weight is 314 g/mol. The van der Waals surface area contributed by atoms with Gasteiger partial charge in [0.2, 0.25) is 5.91 Å². The molecular weight excluding hydrogens is 299 g/mol. The number of amides is 1. The molecule has 0 aliphatic carbocycles. The highest BCUT2D eigenvalue weighted by molar-refractivity contribution is 7.18. The van der Waals surface area contributed by atoms with Gasteiger partial charge >= 0.3 is 0 Å². The number of carbonyl (C=O) groups excluding carboxylic acids is 1. The second-order valence-corrected chi connectivity index (χ2v) is 6.10. The van der Waals surface area contributed by atoms with E-state index < -0.39 is 0 Å². The van der Waals surface area contributed by atoms with Gasteiger partial charge in [-0.3, -0.25) is 4.79 Å². The smallest absolute Gasteiger partial charge is 0.220 e. The molecule has 5 heteroatoms. The normalized spacial score (nSPS) is 10.8. The lowest BCUT2D eigenvalue weighted by atomic mass is 10.1. The fourth-order valence-corrected chi connectivity index (χ4v) is 3.12. The molecule has 0 saturated carbocycles. The third kappa shape index (κ3) is 3.68. The van der Waals surface area contributed by atoms with Crippen LogP contribution in [0.2, 0.25) is 0 Å². The van der Waals surface area contributed by atoms with E-state index in [1.807, 2.05) is 30.3 Å². The monoisotopic (exact) mass is 314 g/mol. The number of fused-ring (bicyclic) bond motifs is 1. The lowest BCUT2D eigenvalue weighted by Gasteiger charge is -2.03. The van der Waals surface area contributed by atoms with Crippen molar-refractivity contribution in [3.63, 3.8) is 0 Å². The fraction of sp³-hybridized carbons (Fsp3) is 0.176. The van der Waals surface area contributed by atoms with Crippen molar-refractivity contribution >= 4 is 27.5 Å². The summed E-state index contributed by atoms with van der Waals surface area (Å²) < 4.78 is 14.2. The summed E-state index contributed by atoms with van der Waals surface area (Å²) in [7, 11) is 0. The number of hydrogen-bond acceptors (Lipinski definition) is 3. The number of nitrogens with one attached hydrogen (secondary N) is 1. The highest BCUT2D eigenvalue weighted by atomic mass is 32.1. The lowest BCUT2D eigenvalue weighted by Crippen LogP contribution is -2.22. The first-order valence-electron chi connectivity index (χ1n) is 7.06. The summed E-state index contributed by atoms with van der Waals surface area (Å²) in [6.07, 6.45) is 0.873. The summed E-state index contributed by atoms with van der Waals surface area (Å²) >= 11 is 1.58. The minimum atomic E-state index is -0.271. The Morgan fingerprint density at radius 1 is 1.18 bits per heavy atom. The quantitative estimate of drug-likeness (QED) is 0.780. The van der Waals surface area contributed by atoms with Crippen molar-refractivity contribution in [3.05, 3.63) is 64.9 Å². The number of hydrogen-bond donors (Lipinski definition) is 1. The van der Waals surface area contributed by atoms with E-state index in [9.17, 15) is 9.18 Å². The first kappa shape index (κ1) is 14.7. The molecule has 3 aromatic rings. The van der Waals surface area contributed by atoms with Gasteiger partial charge in [-0.2, -0.15) is 0 Å². The van der Waals surface area contributed by atoms with E-state index in [0.717, 1.165) is 20.8 Å². The van der Waals surface area contributed by atoms with Gasteiger partial charge < -0.3 is 5.32 Å². The van der Waals surface area contributed by atoms with Crippen LogP contribution in [0.3, 0.4) is 0 Å². The van der Waals surface area contributed by atoms with E-state index in [1.54, 1.807) is 17.4 Å². The Balaban J connectivity index is 1.51. The molecule has 0 aliphatic heterocycles. The van der Waals surface area contributed by atoms with Gasteiger partial charge in [0.1, 0.15) is 10.8 Å². The van der Waals surface area contributed by atoms with Gasteiger partial charge in [0.05, 0.1) is 16.8 Å². The summed E-state index contributed by atoms with van der Waals surface area (Å²) in [6.45, 7) is 0.432. The second kappa shape index (κ2) is 6.66. The number of thiazole rings is 1. The van der Waals surface area contributed by atoms with E-state index >= 15 is 0 Å². The summed E-state index contributed by atoms with van der Waals surface area (Å²) in [5, 5.41) is 3.75. The van der Waals surface area contributed by atoms with E-state index in [0.29, 0.717) is 19.4 Å². The van der Waals surface area contributed by atoms with Crippen LogP contribution in [0.1, 0.15) is 17.0 Å². The topological polar surface area (TPSA) is 42.0 Å². The molecule has 0 fully saturated rings. The van der Waals surface area contributed by atoms with Gasteiger partial charge in [0, 0.05) is 6.42 Å². The number of halogens is 1. The molecule has 1 N–H and O–H groups in total. The minimum Gasteiger partial charge on any atom is -0.350 e. The Morgan fingerprint density at radius 3 is 2.86 bits per heavy atom. The molecule has 112 valence electrons. The van der Waals surface area contributed by atoms with Gasteiger partial charge in [-0.25, -0.2) is 9.37 Å². The van der Waals surface area contributed by atoms with Crippen molar-refractivity contribution in [1.82, 2.24) is 10.3 Å².